The van der Waals surface area contributed by atoms with E-state index in [9.17, 15) is 24.6 Å². The molecule has 0 aromatic carbocycles. The molecule has 0 bridgehead atoms. The summed E-state index contributed by atoms with van der Waals surface area (Å²) in [6, 6.07) is 0. The summed E-state index contributed by atoms with van der Waals surface area (Å²) < 4.78 is 5.05. The highest BCUT2D eigenvalue weighted by Gasteiger charge is 2.63. The third-order valence-corrected chi connectivity index (χ3v) is 5.94. The van der Waals surface area contributed by atoms with Crippen molar-refractivity contribution in [1.29, 1.82) is 0 Å². The van der Waals surface area contributed by atoms with Gasteiger partial charge < -0.3 is 14.9 Å². The van der Waals surface area contributed by atoms with E-state index < -0.39 is 40.7 Å². The molecule has 0 aromatic heterocycles. The lowest BCUT2D eigenvalue weighted by atomic mass is 9.60. The van der Waals surface area contributed by atoms with Gasteiger partial charge in [0.2, 0.25) is 0 Å². The molecule has 2 N–H and O–H groups in total. The second kappa shape index (κ2) is 5.88. The maximum absolute atomic E-state index is 12.7. The van der Waals surface area contributed by atoms with Crippen LogP contribution in [0, 0.1) is 17.8 Å². The summed E-state index contributed by atoms with van der Waals surface area (Å²) in [6.45, 7) is 4.62. The first-order valence-corrected chi connectivity index (χ1v) is 8.61. The summed E-state index contributed by atoms with van der Waals surface area (Å²) in [5, 5.41) is 22.8. The topological polar surface area (TPSA) is 101 Å². The lowest BCUT2D eigenvalue weighted by Crippen LogP contribution is -2.60. The van der Waals surface area contributed by atoms with Gasteiger partial charge in [0.1, 0.15) is 18.0 Å². The van der Waals surface area contributed by atoms with Crippen LogP contribution in [0.5, 0.6) is 0 Å². The Morgan fingerprint density at radius 3 is 2.60 bits per heavy atom. The van der Waals surface area contributed by atoms with Crippen LogP contribution in [0.25, 0.3) is 0 Å². The molecule has 0 radical (unpaired) electrons. The molecule has 136 valence electrons. The van der Waals surface area contributed by atoms with Crippen molar-refractivity contribution in [2.45, 2.75) is 51.2 Å². The minimum absolute atomic E-state index is 0.0165. The monoisotopic (exact) mass is 348 g/mol. The molecule has 0 unspecified atom stereocenters. The summed E-state index contributed by atoms with van der Waals surface area (Å²) >= 11 is 0. The fourth-order valence-corrected chi connectivity index (χ4v) is 4.73. The van der Waals surface area contributed by atoms with Crippen LogP contribution >= 0.6 is 0 Å². The highest BCUT2D eigenvalue weighted by atomic mass is 16.5. The molecule has 3 aliphatic carbocycles. The molecular weight excluding hydrogens is 324 g/mol. The molecule has 0 heterocycles. The van der Waals surface area contributed by atoms with Crippen molar-refractivity contribution in [3.63, 3.8) is 0 Å². The molecule has 3 rings (SSSR count). The van der Waals surface area contributed by atoms with E-state index in [4.69, 9.17) is 4.74 Å². The minimum atomic E-state index is -1.77. The van der Waals surface area contributed by atoms with Gasteiger partial charge >= 0.3 is 5.97 Å². The van der Waals surface area contributed by atoms with E-state index in [0.29, 0.717) is 11.1 Å². The first-order chi connectivity index (χ1) is 11.6. The normalized spacial score (nSPS) is 40.6. The van der Waals surface area contributed by atoms with Crippen LogP contribution in [0.2, 0.25) is 0 Å². The third kappa shape index (κ3) is 2.68. The number of carbonyl (C=O) groups excluding carboxylic acids is 3. The van der Waals surface area contributed by atoms with Gasteiger partial charge in [-0.15, -0.1) is 0 Å². The highest BCUT2D eigenvalue weighted by Crippen LogP contribution is 2.53. The fraction of sp³-hybridized carbons (Fsp3) is 0.632. The van der Waals surface area contributed by atoms with Crippen LogP contribution in [0.4, 0.5) is 0 Å². The summed E-state index contributed by atoms with van der Waals surface area (Å²) in [4.78, 5) is 35.9. The number of aliphatic hydroxyl groups is 2. The van der Waals surface area contributed by atoms with Crippen molar-refractivity contribution in [2.24, 2.45) is 17.8 Å². The second-order valence-electron chi connectivity index (χ2n) is 7.70. The van der Waals surface area contributed by atoms with Crippen LogP contribution < -0.4 is 0 Å². The largest absolute Gasteiger partial charge is 0.461 e. The van der Waals surface area contributed by atoms with Gasteiger partial charge in [0.15, 0.2) is 5.78 Å². The quantitative estimate of drug-likeness (QED) is 0.572. The zero-order valence-corrected chi connectivity index (χ0v) is 14.7. The number of Topliss-reactive ketones (excluding diaryl/α,β-unsaturated/α-hetero) is 2. The molecular formula is C19H24O6. The molecule has 0 aromatic rings. The molecule has 5 atom stereocenters. The number of carbonyl (C=O) groups is 3. The Hall–Kier alpha value is -1.79. The maximum atomic E-state index is 12.7. The SMILES string of the molecule is CC(=O)OCC1=C[C@H]2CC(=O)C[C@@H](C)[C@]2(O)[C@@H]2C=C(C)C(=O)[C@@]2(O)C1. The fourth-order valence-electron chi connectivity index (χ4n) is 4.73. The van der Waals surface area contributed by atoms with E-state index in [1.54, 1.807) is 26.0 Å². The molecule has 0 aliphatic heterocycles. The van der Waals surface area contributed by atoms with E-state index >= 15 is 0 Å². The summed E-state index contributed by atoms with van der Waals surface area (Å²) in [5.74, 6) is -2.54. The van der Waals surface area contributed by atoms with Crippen LogP contribution in [0.15, 0.2) is 23.3 Å². The van der Waals surface area contributed by atoms with Gasteiger partial charge in [0, 0.05) is 38.0 Å². The summed E-state index contributed by atoms with van der Waals surface area (Å²) in [6.07, 6.45) is 3.72. The number of esters is 1. The summed E-state index contributed by atoms with van der Waals surface area (Å²) in [5.41, 5.74) is -2.19. The molecule has 0 saturated heterocycles. The van der Waals surface area contributed by atoms with E-state index in [-0.39, 0.29) is 31.7 Å². The van der Waals surface area contributed by atoms with Gasteiger partial charge in [-0.25, -0.2) is 0 Å². The zero-order valence-electron chi connectivity index (χ0n) is 14.7. The van der Waals surface area contributed by atoms with Crippen LogP contribution in [0.1, 0.15) is 40.0 Å². The number of rotatable bonds is 2. The lowest BCUT2D eigenvalue weighted by molar-refractivity contribution is -0.170. The van der Waals surface area contributed by atoms with Crippen molar-refractivity contribution in [1.82, 2.24) is 0 Å². The van der Waals surface area contributed by atoms with Gasteiger partial charge in [-0.1, -0.05) is 19.1 Å². The third-order valence-electron chi connectivity index (χ3n) is 5.94. The lowest BCUT2D eigenvalue weighted by Gasteiger charge is -2.48. The molecule has 6 nitrogen and oxygen atoms in total. The van der Waals surface area contributed by atoms with Crippen LogP contribution in [0.3, 0.4) is 0 Å². The Balaban J connectivity index is 2.09. The van der Waals surface area contributed by atoms with Gasteiger partial charge in [-0.2, -0.15) is 0 Å². The Morgan fingerprint density at radius 2 is 1.96 bits per heavy atom. The van der Waals surface area contributed by atoms with E-state index in [2.05, 4.69) is 0 Å². The smallest absolute Gasteiger partial charge is 0.302 e. The van der Waals surface area contributed by atoms with E-state index in [0.717, 1.165) is 0 Å². The van der Waals surface area contributed by atoms with E-state index in [1.165, 1.54) is 6.92 Å². The predicted molar refractivity (Wildman–Crippen MR) is 88.4 cm³/mol. The van der Waals surface area contributed by atoms with Crippen LogP contribution in [-0.2, 0) is 19.1 Å². The standard InChI is InChI=1S/C19H24O6/c1-10-4-16-18(23,17(10)22)8-13(9-25-12(3)20)6-14-7-15(21)5-11(2)19(14,16)24/h4,6,11,14,16,23-24H,5,7-9H2,1-3H3/t11-,14+,16-,18-,19-/m1/s1. The second-order valence-corrected chi connectivity index (χ2v) is 7.70. The van der Waals surface area contributed by atoms with E-state index in [1.807, 2.05) is 0 Å². The number of ether oxygens (including phenoxy) is 1. The van der Waals surface area contributed by atoms with Crippen molar-refractivity contribution in [3.05, 3.63) is 23.3 Å². The average Bonchev–Trinajstić information content (AvgIpc) is 2.68. The first kappa shape index (κ1) is 18.0. The molecule has 3 aliphatic rings. The van der Waals surface area contributed by atoms with Gasteiger partial charge in [-0.05, 0) is 24.0 Å². The van der Waals surface area contributed by atoms with Crippen molar-refractivity contribution < 1.29 is 29.3 Å². The van der Waals surface area contributed by atoms with Crippen molar-refractivity contribution in [3.8, 4) is 0 Å². The Morgan fingerprint density at radius 1 is 1.28 bits per heavy atom. The number of ketones is 2. The zero-order chi connectivity index (χ0) is 18.6. The molecule has 1 fully saturated rings. The van der Waals surface area contributed by atoms with Crippen molar-refractivity contribution >= 4 is 17.5 Å². The minimum Gasteiger partial charge on any atom is -0.461 e. The Kier molecular flexibility index (Phi) is 4.24. The molecule has 1 saturated carbocycles. The Bertz CT molecular complexity index is 705. The highest BCUT2D eigenvalue weighted by molar-refractivity contribution is 6.05. The molecule has 0 spiro atoms. The van der Waals surface area contributed by atoms with Gasteiger partial charge in [0.25, 0.3) is 0 Å². The number of hydrogen-bond donors (Lipinski definition) is 2. The first-order valence-electron chi connectivity index (χ1n) is 8.61. The molecule has 6 heteroatoms. The Labute approximate surface area is 146 Å². The predicted octanol–water partition coefficient (Wildman–Crippen LogP) is 1.10. The van der Waals surface area contributed by atoms with Crippen LogP contribution in [-0.4, -0.2) is 45.6 Å². The molecule has 25 heavy (non-hydrogen) atoms. The van der Waals surface area contributed by atoms with Gasteiger partial charge in [-0.3, -0.25) is 14.4 Å². The number of fused-ring (bicyclic) bond motifs is 3. The summed E-state index contributed by atoms with van der Waals surface area (Å²) in [7, 11) is 0. The molecule has 0 amide bonds. The number of hydrogen-bond acceptors (Lipinski definition) is 6. The average molecular weight is 348 g/mol. The van der Waals surface area contributed by atoms with Gasteiger partial charge in [0.05, 0.1) is 5.60 Å². The van der Waals surface area contributed by atoms with Crippen molar-refractivity contribution in [2.75, 3.05) is 6.61 Å². The maximum Gasteiger partial charge on any atom is 0.302 e.